The van der Waals surface area contributed by atoms with Crippen molar-refractivity contribution in [3.63, 3.8) is 0 Å². The molecule has 0 bridgehead atoms. The van der Waals surface area contributed by atoms with Gasteiger partial charge >= 0.3 is 6.61 Å². The van der Waals surface area contributed by atoms with Gasteiger partial charge in [0.2, 0.25) is 5.91 Å². The lowest BCUT2D eigenvalue weighted by molar-refractivity contribution is -0.118. The Morgan fingerprint density at radius 1 is 1.17 bits per heavy atom. The quantitative estimate of drug-likeness (QED) is 0.886. The molecule has 1 saturated heterocycles. The van der Waals surface area contributed by atoms with Crippen LogP contribution in [-0.2, 0) is 4.79 Å². The highest BCUT2D eigenvalue weighted by Gasteiger charge is 2.33. The largest absolute Gasteiger partial charge is 0.435 e. The maximum absolute atomic E-state index is 12.3. The predicted molar refractivity (Wildman–Crippen MR) is 88.3 cm³/mol. The molecule has 2 atom stereocenters. The number of nitrogens with zero attached hydrogens (tertiary/aromatic N) is 1. The number of halogens is 2. The molecule has 0 aromatic heterocycles. The first-order valence-corrected chi connectivity index (χ1v) is 8.70. The molecule has 4 nitrogen and oxygen atoms in total. The van der Waals surface area contributed by atoms with Gasteiger partial charge < -0.3 is 10.1 Å². The van der Waals surface area contributed by atoms with E-state index in [9.17, 15) is 13.6 Å². The molecule has 3 rings (SSSR count). The fourth-order valence-corrected chi connectivity index (χ4v) is 4.03. The van der Waals surface area contributed by atoms with Crippen molar-refractivity contribution >= 4 is 11.6 Å². The van der Waals surface area contributed by atoms with E-state index >= 15 is 0 Å². The standard InChI is InChI=1S/C18H24F2N2O2/c19-18(20)24-15-9-7-14(8-10-15)21-17(23)12-22-11-3-5-13-4-1-2-6-16(13)22/h7-10,13,16,18H,1-6,11-12H2,(H,21,23)/t13-,16-/m0/s1. The Balaban J connectivity index is 1.53. The number of alkyl halides is 2. The second kappa shape index (κ2) is 7.92. The molecule has 1 amide bonds. The van der Waals surface area contributed by atoms with E-state index in [4.69, 9.17) is 0 Å². The molecule has 6 heteroatoms. The summed E-state index contributed by atoms with van der Waals surface area (Å²) < 4.78 is 28.6. The number of fused-ring (bicyclic) bond motifs is 1. The molecule has 1 heterocycles. The van der Waals surface area contributed by atoms with Gasteiger partial charge in [-0.15, -0.1) is 0 Å². The number of carbonyl (C=O) groups excluding carboxylic acids is 1. The number of likely N-dealkylation sites (tertiary alicyclic amines) is 1. The first-order chi connectivity index (χ1) is 11.6. The van der Waals surface area contributed by atoms with Crippen LogP contribution in [0.15, 0.2) is 24.3 Å². The van der Waals surface area contributed by atoms with Crippen LogP contribution in [0, 0.1) is 5.92 Å². The van der Waals surface area contributed by atoms with E-state index in [0.29, 0.717) is 18.3 Å². The van der Waals surface area contributed by atoms with Gasteiger partial charge in [-0.3, -0.25) is 9.69 Å². The molecule has 1 aromatic rings. The first-order valence-electron chi connectivity index (χ1n) is 8.70. The van der Waals surface area contributed by atoms with Crippen LogP contribution in [0.5, 0.6) is 5.75 Å². The second-order valence-corrected chi connectivity index (χ2v) is 6.68. The summed E-state index contributed by atoms with van der Waals surface area (Å²) >= 11 is 0. The zero-order valence-corrected chi connectivity index (χ0v) is 13.7. The van der Waals surface area contributed by atoms with E-state index in [1.807, 2.05) is 0 Å². The summed E-state index contributed by atoms with van der Waals surface area (Å²) in [4.78, 5) is 14.6. The molecule has 1 aromatic carbocycles. The lowest BCUT2D eigenvalue weighted by Gasteiger charge is -2.43. The summed E-state index contributed by atoms with van der Waals surface area (Å²) in [5, 5.41) is 2.84. The monoisotopic (exact) mass is 338 g/mol. The van der Waals surface area contributed by atoms with E-state index < -0.39 is 6.61 Å². The minimum Gasteiger partial charge on any atom is -0.435 e. The SMILES string of the molecule is O=C(CN1CCC[C@@H]2CCCC[C@@H]21)Nc1ccc(OC(F)F)cc1. The third-order valence-corrected chi connectivity index (χ3v) is 5.07. The third kappa shape index (κ3) is 4.44. The number of benzene rings is 1. The number of amides is 1. The van der Waals surface area contributed by atoms with Gasteiger partial charge in [0.1, 0.15) is 5.75 Å². The van der Waals surface area contributed by atoms with E-state index in [1.54, 1.807) is 12.1 Å². The minimum absolute atomic E-state index is 0.0521. The molecule has 2 aliphatic rings. The fourth-order valence-electron chi connectivity index (χ4n) is 4.03. The van der Waals surface area contributed by atoms with Gasteiger partial charge in [-0.1, -0.05) is 12.8 Å². The molecule has 0 radical (unpaired) electrons. The second-order valence-electron chi connectivity index (χ2n) is 6.68. The highest BCUT2D eigenvalue weighted by atomic mass is 19.3. The highest BCUT2D eigenvalue weighted by Crippen LogP contribution is 2.35. The Bertz CT molecular complexity index is 548. The van der Waals surface area contributed by atoms with E-state index in [1.165, 1.54) is 44.2 Å². The zero-order valence-electron chi connectivity index (χ0n) is 13.7. The van der Waals surface area contributed by atoms with E-state index in [2.05, 4.69) is 15.0 Å². The molecule has 0 unspecified atom stereocenters. The fraction of sp³-hybridized carbons (Fsp3) is 0.611. The summed E-state index contributed by atoms with van der Waals surface area (Å²) in [6, 6.07) is 6.56. The van der Waals surface area contributed by atoms with Crippen LogP contribution in [0.25, 0.3) is 0 Å². The molecular weight excluding hydrogens is 314 g/mol. The molecule has 1 saturated carbocycles. The lowest BCUT2D eigenvalue weighted by Crippen LogP contribution is -2.49. The zero-order chi connectivity index (χ0) is 16.9. The number of nitrogens with one attached hydrogen (secondary N) is 1. The van der Waals surface area contributed by atoms with Gasteiger partial charge in [-0.2, -0.15) is 8.78 Å². The Hall–Kier alpha value is -1.69. The maximum atomic E-state index is 12.3. The van der Waals surface area contributed by atoms with Crippen LogP contribution in [-0.4, -0.2) is 36.5 Å². The number of carbonyl (C=O) groups is 1. The average Bonchev–Trinajstić information content (AvgIpc) is 2.56. The minimum atomic E-state index is -2.84. The van der Waals surface area contributed by atoms with Crippen molar-refractivity contribution in [2.45, 2.75) is 51.2 Å². The van der Waals surface area contributed by atoms with Crippen molar-refractivity contribution < 1.29 is 18.3 Å². The topological polar surface area (TPSA) is 41.6 Å². The van der Waals surface area contributed by atoms with Gasteiger partial charge in [0.25, 0.3) is 0 Å². The van der Waals surface area contributed by atoms with Crippen LogP contribution >= 0.6 is 0 Å². The van der Waals surface area contributed by atoms with E-state index in [0.717, 1.165) is 18.9 Å². The summed E-state index contributed by atoms with van der Waals surface area (Å²) in [6.45, 7) is -1.46. The lowest BCUT2D eigenvalue weighted by atomic mass is 9.78. The number of hydrogen-bond donors (Lipinski definition) is 1. The average molecular weight is 338 g/mol. The van der Waals surface area contributed by atoms with Crippen molar-refractivity contribution in [2.75, 3.05) is 18.4 Å². The number of hydrogen-bond acceptors (Lipinski definition) is 3. The van der Waals surface area contributed by atoms with Gasteiger partial charge in [-0.25, -0.2) is 0 Å². The van der Waals surface area contributed by atoms with Gasteiger partial charge in [0.15, 0.2) is 0 Å². The summed E-state index contributed by atoms with van der Waals surface area (Å²) in [5.41, 5.74) is 0.596. The Labute approximate surface area is 141 Å². The Morgan fingerprint density at radius 3 is 2.62 bits per heavy atom. The number of anilines is 1. The molecule has 24 heavy (non-hydrogen) atoms. The van der Waals surface area contributed by atoms with Crippen LogP contribution < -0.4 is 10.1 Å². The van der Waals surface area contributed by atoms with Crippen molar-refractivity contribution in [1.29, 1.82) is 0 Å². The van der Waals surface area contributed by atoms with Gasteiger partial charge in [0.05, 0.1) is 6.54 Å². The smallest absolute Gasteiger partial charge is 0.387 e. The van der Waals surface area contributed by atoms with Crippen LogP contribution in [0.2, 0.25) is 0 Å². The number of rotatable bonds is 5. The first kappa shape index (κ1) is 17.1. The van der Waals surface area contributed by atoms with E-state index in [-0.39, 0.29) is 11.7 Å². The molecule has 1 aliphatic heterocycles. The van der Waals surface area contributed by atoms with Crippen molar-refractivity contribution in [2.24, 2.45) is 5.92 Å². The van der Waals surface area contributed by atoms with Crippen LogP contribution in [0.3, 0.4) is 0 Å². The van der Waals surface area contributed by atoms with Crippen molar-refractivity contribution in [3.05, 3.63) is 24.3 Å². The number of piperidine rings is 1. The van der Waals surface area contributed by atoms with Crippen molar-refractivity contribution in [1.82, 2.24) is 4.90 Å². The Morgan fingerprint density at radius 2 is 1.88 bits per heavy atom. The van der Waals surface area contributed by atoms with Gasteiger partial charge in [0, 0.05) is 11.7 Å². The van der Waals surface area contributed by atoms with Crippen LogP contribution in [0.1, 0.15) is 38.5 Å². The molecule has 0 spiro atoms. The molecular formula is C18H24F2N2O2. The summed E-state index contributed by atoms with van der Waals surface area (Å²) in [5.74, 6) is 0.777. The molecule has 2 fully saturated rings. The summed E-state index contributed by atoms with van der Waals surface area (Å²) in [7, 11) is 0. The summed E-state index contributed by atoms with van der Waals surface area (Å²) in [6.07, 6.45) is 7.49. The van der Waals surface area contributed by atoms with Crippen LogP contribution in [0.4, 0.5) is 14.5 Å². The van der Waals surface area contributed by atoms with Crippen molar-refractivity contribution in [3.8, 4) is 5.75 Å². The Kier molecular flexibility index (Phi) is 5.66. The predicted octanol–water partition coefficient (Wildman–Crippen LogP) is 3.88. The molecule has 1 aliphatic carbocycles. The number of ether oxygens (including phenoxy) is 1. The maximum Gasteiger partial charge on any atom is 0.387 e. The van der Waals surface area contributed by atoms with Gasteiger partial charge in [-0.05, 0) is 62.4 Å². The highest BCUT2D eigenvalue weighted by molar-refractivity contribution is 5.92. The normalized spacial score (nSPS) is 24.5. The molecule has 132 valence electrons. The molecule has 1 N–H and O–H groups in total. The third-order valence-electron chi connectivity index (χ3n) is 5.07.